The van der Waals surface area contributed by atoms with Gasteiger partial charge in [-0.1, -0.05) is 33.6 Å². The first kappa shape index (κ1) is 13.4. The average molecular weight is 222 g/mol. The molecule has 1 fully saturated rings. The summed E-state index contributed by atoms with van der Waals surface area (Å²) >= 11 is 0. The van der Waals surface area contributed by atoms with Crippen LogP contribution in [0.25, 0.3) is 0 Å². The molecular formula is C14H26N2. The van der Waals surface area contributed by atoms with Crippen LogP contribution in [0.5, 0.6) is 0 Å². The van der Waals surface area contributed by atoms with Crippen molar-refractivity contribution in [2.75, 3.05) is 0 Å². The van der Waals surface area contributed by atoms with Crippen molar-refractivity contribution in [2.45, 2.75) is 59.8 Å². The van der Waals surface area contributed by atoms with Gasteiger partial charge in [-0.2, -0.15) is 10.2 Å². The lowest BCUT2D eigenvalue weighted by Crippen LogP contribution is -2.33. The van der Waals surface area contributed by atoms with E-state index in [0.29, 0.717) is 5.41 Å². The number of rotatable bonds is 4. The highest BCUT2D eigenvalue weighted by Crippen LogP contribution is 2.46. The van der Waals surface area contributed by atoms with Gasteiger partial charge in [-0.3, -0.25) is 0 Å². The van der Waals surface area contributed by atoms with Crippen molar-refractivity contribution in [3.63, 3.8) is 0 Å². The summed E-state index contributed by atoms with van der Waals surface area (Å²) in [6.07, 6.45) is 6.48. The molecule has 0 aromatic rings. The SMILES string of the molecule is C=NN=C(C)CCC1C(C)CCCC1(C)C. The molecule has 16 heavy (non-hydrogen) atoms. The fourth-order valence-corrected chi connectivity index (χ4v) is 3.25. The monoisotopic (exact) mass is 222 g/mol. The summed E-state index contributed by atoms with van der Waals surface area (Å²) < 4.78 is 0. The van der Waals surface area contributed by atoms with Gasteiger partial charge in [0.15, 0.2) is 0 Å². The molecule has 2 nitrogen and oxygen atoms in total. The van der Waals surface area contributed by atoms with Crippen molar-refractivity contribution in [1.29, 1.82) is 0 Å². The van der Waals surface area contributed by atoms with Gasteiger partial charge in [0.2, 0.25) is 0 Å². The van der Waals surface area contributed by atoms with Crippen LogP contribution < -0.4 is 0 Å². The molecule has 2 unspecified atom stereocenters. The average Bonchev–Trinajstić information content (AvgIpc) is 2.16. The summed E-state index contributed by atoms with van der Waals surface area (Å²) in [7, 11) is 0. The first-order valence-corrected chi connectivity index (χ1v) is 6.46. The molecular weight excluding hydrogens is 196 g/mol. The van der Waals surface area contributed by atoms with E-state index in [4.69, 9.17) is 0 Å². The van der Waals surface area contributed by atoms with E-state index < -0.39 is 0 Å². The Hall–Kier alpha value is -0.660. The summed E-state index contributed by atoms with van der Waals surface area (Å²) in [6.45, 7) is 12.7. The van der Waals surface area contributed by atoms with Crippen LogP contribution >= 0.6 is 0 Å². The van der Waals surface area contributed by atoms with Gasteiger partial charge < -0.3 is 0 Å². The first-order valence-electron chi connectivity index (χ1n) is 6.46. The molecule has 0 aromatic heterocycles. The summed E-state index contributed by atoms with van der Waals surface area (Å²) in [5.74, 6) is 1.68. The number of hydrogen-bond acceptors (Lipinski definition) is 2. The van der Waals surface area contributed by atoms with Gasteiger partial charge >= 0.3 is 0 Å². The molecule has 0 heterocycles. The Kier molecular flexibility index (Phi) is 4.69. The third kappa shape index (κ3) is 3.43. The zero-order chi connectivity index (χ0) is 12.2. The second-order valence-electron chi connectivity index (χ2n) is 5.98. The largest absolute Gasteiger partial charge is 0.167 e. The Balaban J connectivity index is 2.56. The van der Waals surface area contributed by atoms with E-state index in [0.717, 1.165) is 24.0 Å². The van der Waals surface area contributed by atoms with Crippen molar-refractivity contribution in [2.24, 2.45) is 27.5 Å². The van der Waals surface area contributed by atoms with Crippen LogP contribution in [-0.2, 0) is 0 Å². The van der Waals surface area contributed by atoms with Gasteiger partial charge in [-0.05, 0) is 43.4 Å². The highest BCUT2D eigenvalue weighted by atomic mass is 15.2. The molecule has 1 saturated carbocycles. The zero-order valence-corrected chi connectivity index (χ0v) is 11.3. The maximum atomic E-state index is 4.01. The minimum Gasteiger partial charge on any atom is -0.167 e. The zero-order valence-electron chi connectivity index (χ0n) is 11.3. The van der Waals surface area contributed by atoms with Crippen LogP contribution in [0.4, 0.5) is 0 Å². The Labute approximate surface area is 100 Å². The third-order valence-corrected chi connectivity index (χ3v) is 4.23. The third-order valence-electron chi connectivity index (χ3n) is 4.23. The van der Waals surface area contributed by atoms with E-state index in [1.807, 2.05) is 0 Å². The lowest BCUT2D eigenvalue weighted by atomic mass is 9.62. The van der Waals surface area contributed by atoms with Crippen LogP contribution in [0.2, 0.25) is 0 Å². The van der Waals surface area contributed by atoms with Gasteiger partial charge in [0.1, 0.15) is 0 Å². The highest BCUT2D eigenvalue weighted by Gasteiger charge is 2.36. The Morgan fingerprint density at radius 3 is 2.69 bits per heavy atom. The predicted molar refractivity (Wildman–Crippen MR) is 72.2 cm³/mol. The Morgan fingerprint density at radius 2 is 2.12 bits per heavy atom. The summed E-state index contributed by atoms with van der Waals surface area (Å²) in [5.41, 5.74) is 1.61. The number of hydrogen-bond donors (Lipinski definition) is 0. The minimum absolute atomic E-state index is 0.500. The first-order chi connectivity index (χ1) is 7.47. The molecule has 0 aromatic carbocycles. The standard InChI is InChI=1S/C14H26N2/c1-11-7-6-10-14(3,4)13(11)9-8-12(2)16-15-5/h11,13H,5-10H2,1-4H3. The minimum atomic E-state index is 0.500. The van der Waals surface area contributed by atoms with E-state index in [1.165, 1.54) is 25.7 Å². The van der Waals surface area contributed by atoms with E-state index in [9.17, 15) is 0 Å². The Bertz CT molecular complexity index is 266. The molecule has 0 aliphatic heterocycles. The van der Waals surface area contributed by atoms with Gasteiger partial charge in [0.25, 0.3) is 0 Å². The topological polar surface area (TPSA) is 24.7 Å². The van der Waals surface area contributed by atoms with Gasteiger partial charge in [0.05, 0.1) is 0 Å². The maximum absolute atomic E-state index is 4.01. The Morgan fingerprint density at radius 1 is 1.44 bits per heavy atom. The van der Waals surface area contributed by atoms with E-state index in [1.54, 1.807) is 0 Å². The molecule has 0 amide bonds. The lowest BCUT2D eigenvalue weighted by molar-refractivity contribution is 0.0782. The van der Waals surface area contributed by atoms with Crippen LogP contribution in [0.3, 0.4) is 0 Å². The summed E-state index contributed by atoms with van der Waals surface area (Å²) in [5, 5.41) is 7.61. The van der Waals surface area contributed by atoms with Gasteiger partial charge in [0, 0.05) is 12.4 Å². The summed E-state index contributed by atoms with van der Waals surface area (Å²) in [6, 6.07) is 0. The molecule has 1 rings (SSSR count). The quantitative estimate of drug-likeness (QED) is 0.500. The molecule has 0 bridgehead atoms. The van der Waals surface area contributed by atoms with Gasteiger partial charge in [-0.15, -0.1) is 0 Å². The second kappa shape index (κ2) is 5.60. The molecule has 0 spiro atoms. The lowest BCUT2D eigenvalue weighted by Gasteiger charge is -2.43. The molecule has 0 radical (unpaired) electrons. The fourth-order valence-electron chi connectivity index (χ4n) is 3.25. The molecule has 0 saturated heterocycles. The molecule has 1 aliphatic rings. The molecule has 1 aliphatic carbocycles. The van der Waals surface area contributed by atoms with Crippen molar-refractivity contribution in [3.05, 3.63) is 0 Å². The van der Waals surface area contributed by atoms with E-state index in [-0.39, 0.29) is 0 Å². The van der Waals surface area contributed by atoms with Crippen LogP contribution in [-0.4, -0.2) is 12.4 Å². The van der Waals surface area contributed by atoms with Crippen molar-refractivity contribution in [3.8, 4) is 0 Å². The fraction of sp³-hybridized carbons (Fsp3) is 0.857. The maximum Gasteiger partial charge on any atom is 0.0374 e. The molecule has 2 atom stereocenters. The molecule has 2 heteroatoms. The van der Waals surface area contributed by atoms with Crippen molar-refractivity contribution < 1.29 is 0 Å². The van der Waals surface area contributed by atoms with Crippen LogP contribution in [0.15, 0.2) is 10.2 Å². The van der Waals surface area contributed by atoms with Crippen molar-refractivity contribution >= 4 is 12.4 Å². The number of nitrogens with zero attached hydrogens (tertiary/aromatic N) is 2. The molecule has 0 N–H and O–H groups in total. The molecule has 92 valence electrons. The predicted octanol–water partition coefficient (Wildman–Crippen LogP) is 4.31. The van der Waals surface area contributed by atoms with Gasteiger partial charge in [-0.25, -0.2) is 0 Å². The van der Waals surface area contributed by atoms with Crippen LogP contribution in [0.1, 0.15) is 59.8 Å². The highest BCUT2D eigenvalue weighted by molar-refractivity contribution is 5.81. The summed E-state index contributed by atoms with van der Waals surface area (Å²) in [4.78, 5) is 0. The van der Waals surface area contributed by atoms with Crippen LogP contribution in [0, 0.1) is 17.3 Å². The second-order valence-corrected chi connectivity index (χ2v) is 5.98. The van der Waals surface area contributed by atoms with Crippen molar-refractivity contribution in [1.82, 2.24) is 0 Å². The van der Waals surface area contributed by atoms with E-state index >= 15 is 0 Å². The normalized spacial score (nSPS) is 30.1. The van der Waals surface area contributed by atoms with E-state index in [2.05, 4.69) is 44.6 Å². The smallest absolute Gasteiger partial charge is 0.0374 e.